The Hall–Kier alpha value is -3.06. The van der Waals surface area contributed by atoms with Crippen molar-refractivity contribution in [3.8, 4) is 11.3 Å². The quantitative estimate of drug-likeness (QED) is 0.656. The van der Waals surface area contributed by atoms with Gasteiger partial charge in [-0.1, -0.05) is 25.5 Å². The summed E-state index contributed by atoms with van der Waals surface area (Å²) >= 11 is 0. The van der Waals surface area contributed by atoms with E-state index in [1.807, 2.05) is 55.4 Å². The normalized spacial score (nSPS) is 11.1. The van der Waals surface area contributed by atoms with E-state index in [2.05, 4.69) is 22.2 Å². The van der Waals surface area contributed by atoms with E-state index in [0.717, 1.165) is 47.4 Å². The highest BCUT2D eigenvalue weighted by molar-refractivity contribution is 5.95. The first-order valence-electron chi connectivity index (χ1n) is 9.44. The Morgan fingerprint density at radius 1 is 1.14 bits per heavy atom. The molecule has 7 heteroatoms. The monoisotopic (exact) mass is 378 g/mol. The number of carbonyl (C=O) groups excluding carboxylic acids is 1. The zero-order valence-electron chi connectivity index (χ0n) is 16.6. The maximum atomic E-state index is 12.4. The third-order valence-electron chi connectivity index (χ3n) is 4.38. The minimum absolute atomic E-state index is 0.0905. The third-order valence-corrected chi connectivity index (χ3v) is 4.38. The van der Waals surface area contributed by atoms with Crippen LogP contribution >= 0.6 is 0 Å². The van der Waals surface area contributed by atoms with Crippen LogP contribution in [0.25, 0.3) is 22.3 Å². The molecule has 3 aromatic rings. The van der Waals surface area contributed by atoms with E-state index in [0.29, 0.717) is 12.1 Å². The Balaban J connectivity index is 1.91. The van der Waals surface area contributed by atoms with Crippen molar-refractivity contribution in [3.05, 3.63) is 47.7 Å². The van der Waals surface area contributed by atoms with Gasteiger partial charge >= 0.3 is 0 Å². The van der Waals surface area contributed by atoms with Crippen LogP contribution in [0.4, 0.5) is 5.95 Å². The average molecular weight is 378 g/mol. The number of amides is 1. The van der Waals surface area contributed by atoms with E-state index in [1.165, 1.54) is 0 Å². The number of likely N-dealkylation sites (N-methyl/N-ethyl adjacent to an activating group) is 1. The number of nitrogens with two attached hydrogens (primary N) is 1. The summed E-state index contributed by atoms with van der Waals surface area (Å²) in [5, 5.41) is 2.94. The van der Waals surface area contributed by atoms with Crippen LogP contribution in [0.3, 0.4) is 0 Å². The van der Waals surface area contributed by atoms with Gasteiger partial charge < -0.3 is 16.0 Å². The largest absolute Gasteiger partial charge is 0.368 e. The molecule has 28 heavy (non-hydrogen) atoms. The van der Waals surface area contributed by atoms with Gasteiger partial charge in [0.15, 0.2) is 0 Å². The standard InChI is InChI=1S/C21H26N6O/c1-4-6-17-19-18(26-21(22)25-17)10-9-16(24-19)14-7-5-8-15(13-14)20(28)23-11-12-27(2)3/h5,7-10,13H,4,6,11-12H2,1-3H3,(H,23,28)(H2,22,25,26). The predicted molar refractivity (Wildman–Crippen MR) is 112 cm³/mol. The van der Waals surface area contributed by atoms with Crippen molar-refractivity contribution >= 4 is 22.9 Å². The number of nitrogen functional groups attached to an aromatic ring is 1. The number of carbonyl (C=O) groups is 1. The van der Waals surface area contributed by atoms with E-state index in [9.17, 15) is 4.79 Å². The molecule has 0 saturated carbocycles. The van der Waals surface area contributed by atoms with Crippen LogP contribution in [0, 0.1) is 0 Å². The molecule has 0 atom stereocenters. The van der Waals surface area contributed by atoms with Crippen LogP contribution in [-0.4, -0.2) is 52.9 Å². The Morgan fingerprint density at radius 2 is 1.96 bits per heavy atom. The van der Waals surface area contributed by atoms with Crippen molar-refractivity contribution < 1.29 is 4.79 Å². The average Bonchev–Trinajstić information content (AvgIpc) is 2.67. The molecule has 3 N–H and O–H groups in total. The highest BCUT2D eigenvalue weighted by atomic mass is 16.1. The number of aryl methyl sites for hydroxylation is 1. The van der Waals surface area contributed by atoms with Crippen molar-refractivity contribution in [2.75, 3.05) is 32.9 Å². The van der Waals surface area contributed by atoms with Crippen LogP contribution in [-0.2, 0) is 6.42 Å². The van der Waals surface area contributed by atoms with Gasteiger partial charge in [-0.25, -0.2) is 15.0 Å². The Labute approximate surface area is 165 Å². The molecule has 1 amide bonds. The zero-order chi connectivity index (χ0) is 20.1. The van der Waals surface area contributed by atoms with Crippen molar-refractivity contribution in [1.29, 1.82) is 0 Å². The summed E-state index contributed by atoms with van der Waals surface area (Å²) in [6, 6.07) is 11.3. The molecule has 0 radical (unpaired) electrons. The third kappa shape index (κ3) is 4.61. The van der Waals surface area contributed by atoms with Gasteiger partial charge in [-0.15, -0.1) is 0 Å². The number of hydrogen-bond acceptors (Lipinski definition) is 6. The van der Waals surface area contributed by atoms with Crippen LogP contribution in [0.2, 0.25) is 0 Å². The van der Waals surface area contributed by atoms with E-state index in [4.69, 9.17) is 10.7 Å². The molecule has 0 spiro atoms. The molecule has 146 valence electrons. The maximum Gasteiger partial charge on any atom is 0.251 e. The van der Waals surface area contributed by atoms with Crippen molar-refractivity contribution in [2.45, 2.75) is 19.8 Å². The molecule has 0 bridgehead atoms. The summed E-state index contributed by atoms with van der Waals surface area (Å²) < 4.78 is 0. The Morgan fingerprint density at radius 3 is 2.71 bits per heavy atom. The van der Waals surface area contributed by atoms with Crippen molar-refractivity contribution in [3.63, 3.8) is 0 Å². The van der Waals surface area contributed by atoms with Crippen LogP contribution in [0.5, 0.6) is 0 Å². The summed E-state index contributed by atoms with van der Waals surface area (Å²) in [6.45, 7) is 3.48. The smallest absolute Gasteiger partial charge is 0.251 e. The predicted octanol–water partition coefficient (Wildman–Crippen LogP) is 2.52. The first-order valence-corrected chi connectivity index (χ1v) is 9.44. The second-order valence-corrected chi connectivity index (χ2v) is 6.98. The number of anilines is 1. The van der Waals surface area contributed by atoms with E-state index in [1.54, 1.807) is 0 Å². The van der Waals surface area contributed by atoms with Gasteiger partial charge in [-0.3, -0.25) is 4.79 Å². The number of aromatic nitrogens is 3. The molecular formula is C21H26N6O. The molecule has 2 aromatic heterocycles. The zero-order valence-corrected chi connectivity index (χ0v) is 16.6. The van der Waals surface area contributed by atoms with Gasteiger partial charge in [-0.05, 0) is 44.8 Å². The number of pyridine rings is 1. The van der Waals surface area contributed by atoms with E-state index >= 15 is 0 Å². The first-order chi connectivity index (χ1) is 13.5. The fraction of sp³-hybridized carbons (Fsp3) is 0.333. The highest BCUT2D eigenvalue weighted by Crippen LogP contribution is 2.23. The summed E-state index contributed by atoms with van der Waals surface area (Å²) in [5.74, 6) is 0.175. The number of benzene rings is 1. The summed E-state index contributed by atoms with van der Waals surface area (Å²) in [5.41, 5.74) is 10.4. The molecule has 0 aliphatic heterocycles. The minimum Gasteiger partial charge on any atom is -0.368 e. The molecule has 0 unspecified atom stereocenters. The number of nitrogens with zero attached hydrogens (tertiary/aromatic N) is 4. The van der Waals surface area contributed by atoms with Gasteiger partial charge in [0, 0.05) is 24.2 Å². The molecular weight excluding hydrogens is 352 g/mol. The Bertz CT molecular complexity index is 986. The fourth-order valence-electron chi connectivity index (χ4n) is 2.98. The van der Waals surface area contributed by atoms with Gasteiger partial charge in [0.25, 0.3) is 5.91 Å². The maximum absolute atomic E-state index is 12.4. The van der Waals surface area contributed by atoms with Crippen LogP contribution < -0.4 is 11.1 Å². The van der Waals surface area contributed by atoms with Gasteiger partial charge in [-0.2, -0.15) is 0 Å². The number of hydrogen-bond donors (Lipinski definition) is 2. The summed E-state index contributed by atoms with van der Waals surface area (Å²) in [7, 11) is 3.95. The SMILES string of the molecule is CCCc1nc(N)nc2ccc(-c3cccc(C(=O)NCCN(C)C)c3)nc12. The molecule has 0 fully saturated rings. The number of rotatable bonds is 7. The lowest BCUT2D eigenvalue weighted by molar-refractivity contribution is 0.0951. The molecule has 2 heterocycles. The topological polar surface area (TPSA) is 97.0 Å². The second kappa shape index (κ2) is 8.75. The van der Waals surface area contributed by atoms with Crippen LogP contribution in [0.1, 0.15) is 29.4 Å². The number of nitrogens with one attached hydrogen (secondary N) is 1. The van der Waals surface area contributed by atoms with Crippen molar-refractivity contribution in [1.82, 2.24) is 25.2 Å². The van der Waals surface area contributed by atoms with Gasteiger partial charge in [0.2, 0.25) is 5.95 Å². The second-order valence-electron chi connectivity index (χ2n) is 6.98. The fourth-order valence-corrected chi connectivity index (χ4v) is 2.98. The van der Waals surface area contributed by atoms with Gasteiger partial charge in [0.1, 0.15) is 5.52 Å². The molecule has 0 saturated heterocycles. The van der Waals surface area contributed by atoms with Gasteiger partial charge in [0.05, 0.1) is 16.9 Å². The number of fused-ring (bicyclic) bond motifs is 1. The molecule has 7 nitrogen and oxygen atoms in total. The lowest BCUT2D eigenvalue weighted by atomic mass is 10.1. The Kier molecular flexibility index (Phi) is 6.16. The molecule has 0 aliphatic rings. The summed E-state index contributed by atoms with van der Waals surface area (Å²) in [6.07, 6.45) is 1.73. The highest BCUT2D eigenvalue weighted by Gasteiger charge is 2.11. The lowest BCUT2D eigenvalue weighted by Crippen LogP contribution is -2.31. The lowest BCUT2D eigenvalue weighted by Gasteiger charge is -2.11. The summed E-state index contributed by atoms with van der Waals surface area (Å²) in [4.78, 5) is 27.9. The minimum atomic E-state index is -0.0905. The molecule has 3 rings (SSSR count). The molecule has 0 aliphatic carbocycles. The van der Waals surface area contributed by atoms with Crippen molar-refractivity contribution in [2.24, 2.45) is 0 Å². The van der Waals surface area contributed by atoms with E-state index < -0.39 is 0 Å². The molecule has 1 aromatic carbocycles. The van der Waals surface area contributed by atoms with Crippen LogP contribution in [0.15, 0.2) is 36.4 Å². The van der Waals surface area contributed by atoms with E-state index in [-0.39, 0.29) is 11.9 Å². The first kappa shape index (κ1) is 19.7.